The first kappa shape index (κ1) is 20.0. The third-order valence-electron chi connectivity index (χ3n) is 5.74. The number of esters is 1. The van der Waals surface area contributed by atoms with Crippen molar-refractivity contribution < 1.29 is 14.3 Å². The molecule has 30 heavy (non-hydrogen) atoms. The maximum atomic E-state index is 12.8. The fourth-order valence-electron chi connectivity index (χ4n) is 4.17. The Kier molecular flexibility index (Phi) is 6.05. The number of carbonyl (C=O) groups excluding carboxylic acids is 2. The van der Waals surface area contributed by atoms with E-state index in [1.807, 2.05) is 48.5 Å². The van der Waals surface area contributed by atoms with Crippen molar-refractivity contribution in [2.24, 2.45) is 5.92 Å². The average Bonchev–Trinajstić information content (AvgIpc) is 2.80. The molecule has 1 atom stereocenters. The summed E-state index contributed by atoms with van der Waals surface area (Å²) >= 11 is 0. The van der Waals surface area contributed by atoms with Crippen molar-refractivity contribution in [3.8, 4) is 0 Å². The summed E-state index contributed by atoms with van der Waals surface area (Å²) in [6.45, 7) is 1.29. The minimum Gasteiger partial charge on any atom is -0.468 e. The van der Waals surface area contributed by atoms with Crippen molar-refractivity contribution in [1.29, 1.82) is 0 Å². The number of methoxy groups -OCH3 is 1. The zero-order valence-electron chi connectivity index (χ0n) is 17.0. The number of amides is 1. The Morgan fingerprint density at radius 1 is 1.07 bits per heavy atom. The lowest BCUT2D eigenvalue weighted by Crippen LogP contribution is -2.43. The number of nitrogens with zero attached hydrogens (tertiary/aromatic N) is 2. The Labute approximate surface area is 175 Å². The molecule has 6 nitrogen and oxygen atoms in total. The molecular formula is C24H25N3O3. The molecule has 1 amide bonds. The van der Waals surface area contributed by atoms with Crippen molar-refractivity contribution in [2.75, 3.05) is 25.5 Å². The Morgan fingerprint density at radius 2 is 1.83 bits per heavy atom. The summed E-state index contributed by atoms with van der Waals surface area (Å²) in [5.41, 5.74) is 1.64. The van der Waals surface area contributed by atoms with Gasteiger partial charge < -0.3 is 10.1 Å². The van der Waals surface area contributed by atoms with Gasteiger partial charge in [-0.3, -0.25) is 14.7 Å². The fourth-order valence-corrected chi connectivity index (χ4v) is 4.17. The zero-order chi connectivity index (χ0) is 20.9. The van der Waals surface area contributed by atoms with Crippen LogP contribution in [0.25, 0.3) is 10.8 Å². The standard InChI is InChI=1S/C24H25N3O3/c1-30-24(29)22(21-10-4-7-17-6-2-3-9-20(17)21)27-14-11-18(12-15-27)23(28)26-19-8-5-13-25-16-19/h2-10,13,16,18,22H,11-12,14-15H2,1H3,(H,26,28). The lowest BCUT2D eigenvalue weighted by molar-refractivity contribution is -0.148. The molecule has 0 saturated carbocycles. The first-order valence-electron chi connectivity index (χ1n) is 10.2. The Bertz CT molecular complexity index is 1020. The molecule has 0 aliphatic carbocycles. The Hall–Kier alpha value is -3.25. The number of hydrogen-bond acceptors (Lipinski definition) is 5. The lowest BCUT2D eigenvalue weighted by Gasteiger charge is -2.36. The van der Waals surface area contributed by atoms with Crippen molar-refractivity contribution in [3.63, 3.8) is 0 Å². The monoisotopic (exact) mass is 403 g/mol. The minimum absolute atomic E-state index is 0.00225. The molecule has 1 N–H and O–H groups in total. The predicted molar refractivity (Wildman–Crippen MR) is 116 cm³/mol. The van der Waals surface area contributed by atoms with Crippen LogP contribution in [0.15, 0.2) is 67.0 Å². The van der Waals surface area contributed by atoms with Gasteiger partial charge in [0, 0.05) is 25.2 Å². The highest BCUT2D eigenvalue weighted by molar-refractivity contribution is 5.93. The van der Waals surface area contributed by atoms with Gasteiger partial charge in [0.15, 0.2) is 0 Å². The summed E-state index contributed by atoms with van der Waals surface area (Å²) in [6, 6.07) is 17.2. The smallest absolute Gasteiger partial charge is 0.327 e. The molecule has 1 saturated heterocycles. The van der Waals surface area contributed by atoms with Crippen LogP contribution in [0.2, 0.25) is 0 Å². The average molecular weight is 403 g/mol. The van der Waals surface area contributed by atoms with Crippen LogP contribution in [-0.2, 0) is 14.3 Å². The van der Waals surface area contributed by atoms with Crippen molar-refractivity contribution in [2.45, 2.75) is 18.9 Å². The molecule has 1 aliphatic rings. The second-order valence-electron chi connectivity index (χ2n) is 7.54. The van der Waals surface area contributed by atoms with Crippen LogP contribution in [-0.4, -0.2) is 42.0 Å². The highest BCUT2D eigenvalue weighted by Crippen LogP contribution is 2.32. The van der Waals surface area contributed by atoms with Crippen LogP contribution >= 0.6 is 0 Å². The number of aromatic nitrogens is 1. The molecule has 1 unspecified atom stereocenters. The van der Waals surface area contributed by atoms with Gasteiger partial charge in [-0.1, -0.05) is 42.5 Å². The van der Waals surface area contributed by atoms with Gasteiger partial charge in [0.25, 0.3) is 0 Å². The molecule has 1 aliphatic heterocycles. The van der Waals surface area contributed by atoms with Crippen LogP contribution in [0.3, 0.4) is 0 Å². The Balaban J connectivity index is 1.50. The van der Waals surface area contributed by atoms with Gasteiger partial charge in [-0.05, 0) is 41.3 Å². The fraction of sp³-hybridized carbons (Fsp3) is 0.292. The van der Waals surface area contributed by atoms with E-state index in [2.05, 4.69) is 15.2 Å². The molecule has 1 fully saturated rings. The van der Waals surface area contributed by atoms with Gasteiger partial charge in [0.1, 0.15) is 6.04 Å². The van der Waals surface area contributed by atoms with E-state index in [1.165, 1.54) is 7.11 Å². The van der Waals surface area contributed by atoms with E-state index in [4.69, 9.17) is 4.74 Å². The molecule has 2 heterocycles. The lowest BCUT2D eigenvalue weighted by atomic mass is 9.92. The molecule has 0 bridgehead atoms. The number of ether oxygens (including phenoxy) is 1. The number of pyridine rings is 1. The molecule has 0 spiro atoms. The number of likely N-dealkylation sites (tertiary alicyclic amines) is 1. The van der Waals surface area contributed by atoms with Gasteiger partial charge in [0.2, 0.25) is 5.91 Å². The highest BCUT2D eigenvalue weighted by Gasteiger charge is 2.34. The van der Waals surface area contributed by atoms with Crippen molar-refractivity contribution in [1.82, 2.24) is 9.88 Å². The van der Waals surface area contributed by atoms with Crippen LogP contribution in [0.5, 0.6) is 0 Å². The van der Waals surface area contributed by atoms with Gasteiger partial charge >= 0.3 is 5.97 Å². The second kappa shape index (κ2) is 9.05. The summed E-state index contributed by atoms with van der Waals surface area (Å²) in [7, 11) is 1.43. The van der Waals surface area contributed by atoms with E-state index < -0.39 is 6.04 Å². The van der Waals surface area contributed by atoms with E-state index in [9.17, 15) is 9.59 Å². The predicted octanol–water partition coefficient (Wildman–Crippen LogP) is 3.80. The number of hydrogen-bond donors (Lipinski definition) is 1. The van der Waals surface area contributed by atoms with E-state index in [0.717, 1.165) is 16.3 Å². The summed E-state index contributed by atoms with van der Waals surface area (Å²) in [6.07, 6.45) is 4.68. The number of fused-ring (bicyclic) bond motifs is 1. The first-order chi connectivity index (χ1) is 14.7. The van der Waals surface area contributed by atoms with E-state index in [-0.39, 0.29) is 17.8 Å². The molecular weight excluding hydrogens is 378 g/mol. The van der Waals surface area contributed by atoms with Gasteiger partial charge in [0.05, 0.1) is 19.0 Å². The van der Waals surface area contributed by atoms with Gasteiger partial charge in [-0.25, -0.2) is 4.79 Å². The largest absolute Gasteiger partial charge is 0.468 e. The number of benzene rings is 2. The van der Waals surface area contributed by atoms with Crippen LogP contribution < -0.4 is 5.32 Å². The summed E-state index contributed by atoms with van der Waals surface area (Å²) in [4.78, 5) is 31.5. The number of nitrogens with one attached hydrogen (secondary N) is 1. The van der Waals surface area contributed by atoms with Gasteiger partial charge in [-0.15, -0.1) is 0 Å². The normalized spacial score (nSPS) is 16.2. The molecule has 6 heteroatoms. The van der Waals surface area contributed by atoms with E-state index in [0.29, 0.717) is 31.6 Å². The van der Waals surface area contributed by atoms with Gasteiger partial charge in [-0.2, -0.15) is 0 Å². The summed E-state index contributed by atoms with van der Waals surface area (Å²) < 4.78 is 5.16. The molecule has 1 aromatic heterocycles. The summed E-state index contributed by atoms with van der Waals surface area (Å²) in [5.74, 6) is -0.362. The maximum absolute atomic E-state index is 12.8. The van der Waals surface area contributed by atoms with E-state index >= 15 is 0 Å². The maximum Gasteiger partial charge on any atom is 0.327 e. The SMILES string of the molecule is COC(=O)C(c1cccc2ccccc12)N1CCC(C(=O)Nc2cccnc2)CC1. The number of carbonyl (C=O) groups is 2. The number of rotatable bonds is 5. The zero-order valence-corrected chi connectivity index (χ0v) is 17.0. The summed E-state index contributed by atoms with van der Waals surface area (Å²) in [5, 5.41) is 5.07. The third-order valence-corrected chi connectivity index (χ3v) is 5.74. The minimum atomic E-state index is -0.483. The van der Waals surface area contributed by atoms with E-state index in [1.54, 1.807) is 18.5 Å². The van der Waals surface area contributed by atoms with Crippen LogP contribution in [0.4, 0.5) is 5.69 Å². The van der Waals surface area contributed by atoms with Crippen LogP contribution in [0.1, 0.15) is 24.4 Å². The highest BCUT2D eigenvalue weighted by atomic mass is 16.5. The molecule has 154 valence electrons. The molecule has 0 radical (unpaired) electrons. The van der Waals surface area contributed by atoms with Crippen molar-refractivity contribution >= 4 is 28.3 Å². The first-order valence-corrected chi connectivity index (χ1v) is 10.2. The van der Waals surface area contributed by atoms with Crippen LogP contribution in [0, 0.1) is 5.92 Å². The number of piperidine rings is 1. The third kappa shape index (κ3) is 4.19. The number of anilines is 1. The second-order valence-corrected chi connectivity index (χ2v) is 7.54. The molecule has 3 aromatic rings. The molecule has 2 aromatic carbocycles. The molecule has 4 rings (SSSR count). The van der Waals surface area contributed by atoms with Crippen molar-refractivity contribution in [3.05, 3.63) is 72.6 Å². The topological polar surface area (TPSA) is 71.5 Å². The Morgan fingerprint density at radius 3 is 2.57 bits per heavy atom. The quantitative estimate of drug-likeness (QED) is 0.656.